The fourth-order valence-electron chi connectivity index (χ4n) is 10.2. The van der Waals surface area contributed by atoms with Crippen LogP contribution in [0.4, 0.5) is 17.1 Å². The third-order valence-electron chi connectivity index (χ3n) is 12.6. The Kier molecular flexibility index (Phi) is 6.81. The Bertz CT molecular complexity index is 3320. The average Bonchev–Trinajstić information content (AvgIpc) is 3.94. The Morgan fingerprint density at radius 2 is 0.949 bits per heavy atom. The molecule has 2 aliphatic carbocycles. The van der Waals surface area contributed by atoms with Crippen molar-refractivity contribution >= 4 is 48.6 Å². The summed E-state index contributed by atoms with van der Waals surface area (Å²) in [4.78, 5) is 2.33. The van der Waals surface area contributed by atoms with Gasteiger partial charge in [-0.05, 0) is 81.4 Å². The van der Waals surface area contributed by atoms with Crippen LogP contribution < -0.4 is 14.4 Å². The smallest absolute Gasteiger partial charge is 0.194 e. The SMILES string of the molecule is c1ccc(N(c2ccccc2-c2cccc3c2sc2ccccc23)c2cccc3c2Oc2c(ccc4c2-c2ccccc2C42c4ccccc4-c4ccccc42)O3)cc1. The summed E-state index contributed by atoms with van der Waals surface area (Å²) in [6.07, 6.45) is 0. The molecule has 0 amide bonds. The standard InChI is InChI=1S/C55H33NO2S/c1-2-16-34(17-3-1)56(46-28-12-7-20-37(46)39-23-14-24-40-38-21-8-13-31-50(38)59-54(39)40)47-29-15-30-48-52(47)58-53-49(57-48)33-32-45-51(53)41-22-6-11-27-44(41)55(45)42-25-9-4-18-35(42)36-19-5-10-26-43(36)55/h1-33H. The normalized spacial score (nSPS) is 13.5. The molecule has 59 heavy (non-hydrogen) atoms. The van der Waals surface area contributed by atoms with Crippen LogP contribution in [0.15, 0.2) is 200 Å². The van der Waals surface area contributed by atoms with E-state index in [0.717, 1.165) is 39.5 Å². The molecule has 3 aliphatic rings. The molecule has 0 saturated carbocycles. The molecule has 1 aromatic heterocycles. The number of benzene rings is 9. The van der Waals surface area contributed by atoms with E-state index in [4.69, 9.17) is 9.47 Å². The Labute approximate surface area is 345 Å². The number of ether oxygens (including phenoxy) is 2. The third kappa shape index (κ3) is 4.41. The second-order valence-corrected chi connectivity index (χ2v) is 16.5. The van der Waals surface area contributed by atoms with E-state index in [2.05, 4.69) is 199 Å². The lowest BCUT2D eigenvalue weighted by atomic mass is 9.70. The summed E-state index contributed by atoms with van der Waals surface area (Å²) in [5.74, 6) is 2.81. The van der Waals surface area contributed by atoms with Gasteiger partial charge < -0.3 is 14.4 Å². The van der Waals surface area contributed by atoms with Gasteiger partial charge in [-0.2, -0.15) is 0 Å². The Hall–Kier alpha value is -7.40. The molecule has 3 nitrogen and oxygen atoms in total. The van der Waals surface area contributed by atoms with Crippen LogP contribution in [-0.4, -0.2) is 0 Å². The summed E-state index contributed by atoms with van der Waals surface area (Å²) in [5.41, 5.74) is 14.7. The Morgan fingerprint density at radius 1 is 0.373 bits per heavy atom. The fourth-order valence-corrected chi connectivity index (χ4v) is 11.5. The maximum atomic E-state index is 7.40. The first-order valence-corrected chi connectivity index (χ1v) is 20.9. The number of anilines is 3. The summed E-state index contributed by atoms with van der Waals surface area (Å²) in [6.45, 7) is 0. The van der Waals surface area contributed by atoms with E-state index < -0.39 is 5.41 Å². The molecular formula is C55H33NO2S. The van der Waals surface area contributed by atoms with Gasteiger partial charge in [-0.3, -0.25) is 0 Å². The molecule has 0 atom stereocenters. The highest BCUT2D eigenvalue weighted by Crippen LogP contribution is 2.67. The summed E-state index contributed by atoms with van der Waals surface area (Å²) in [7, 11) is 0. The minimum Gasteiger partial charge on any atom is -0.449 e. The minimum atomic E-state index is -0.486. The molecule has 1 spiro atoms. The molecule has 0 fully saturated rings. The lowest BCUT2D eigenvalue weighted by molar-refractivity contribution is 0.361. The number of fused-ring (bicyclic) bond motifs is 16. The van der Waals surface area contributed by atoms with E-state index in [1.165, 1.54) is 59.1 Å². The van der Waals surface area contributed by atoms with E-state index in [9.17, 15) is 0 Å². The molecule has 2 heterocycles. The van der Waals surface area contributed by atoms with Crippen LogP contribution in [0, 0.1) is 0 Å². The number of rotatable bonds is 4. The summed E-state index contributed by atoms with van der Waals surface area (Å²) >= 11 is 1.85. The van der Waals surface area contributed by atoms with Gasteiger partial charge in [0.1, 0.15) is 0 Å². The predicted octanol–water partition coefficient (Wildman–Crippen LogP) is 15.4. The summed E-state index contributed by atoms with van der Waals surface area (Å²) in [6, 6.07) is 72.0. The first kappa shape index (κ1) is 32.7. The molecule has 10 aromatic rings. The van der Waals surface area contributed by atoms with Crippen LogP contribution in [0.3, 0.4) is 0 Å². The van der Waals surface area contributed by atoms with Crippen LogP contribution in [-0.2, 0) is 5.41 Å². The molecule has 0 unspecified atom stereocenters. The molecular weight excluding hydrogens is 739 g/mol. The zero-order valence-electron chi connectivity index (χ0n) is 31.7. The van der Waals surface area contributed by atoms with Crippen molar-refractivity contribution in [2.75, 3.05) is 4.90 Å². The molecule has 13 rings (SSSR count). The van der Waals surface area contributed by atoms with Crippen LogP contribution in [0.25, 0.3) is 53.6 Å². The van der Waals surface area contributed by atoms with Crippen molar-refractivity contribution in [3.8, 4) is 56.4 Å². The van der Waals surface area contributed by atoms with Gasteiger partial charge in [-0.25, -0.2) is 0 Å². The second-order valence-electron chi connectivity index (χ2n) is 15.5. The van der Waals surface area contributed by atoms with Crippen molar-refractivity contribution in [2.24, 2.45) is 0 Å². The molecule has 0 bridgehead atoms. The molecule has 4 heteroatoms. The molecule has 1 aliphatic heterocycles. The zero-order valence-corrected chi connectivity index (χ0v) is 32.5. The maximum absolute atomic E-state index is 7.40. The largest absolute Gasteiger partial charge is 0.449 e. The van der Waals surface area contributed by atoms with Gasteiger partial charge in [0.2, 0.25) is 0 Å². The van der Waals surface area contributed by atoms with E-state index in [1.54, 1.807) is 0 Å². The van der Waals surface area contributed by atoms with Crippen LogP contribution in [0.5, 0.6) is 23.0 Å². The number of para-hydroxylation sites is 3. The van der Waals surface area contributed by atoms with Crippen molar-refractivity contribution in [2.45, 2.75) is 5.41 Å². The Balaban J connectivity index is 1.03. The zero-order chi connectivity index (χ0) is 38.7. The third-order valence-corrected chi connectivity index (χ3v) is 13.8. The highest BCUT2D eigenvalue weighted by Gasteiger charge is 2.53. The van der Waals surface area contributed by atoms with E-state index >= 15 is 0 Å². The number of nitrogens with zero attached hydrogens (tertiary/aromatic N) is 1. The minimum absolute atomic E-state index is 0.486. The van der Waals surface area contributed by atoms with Gasteiger partial charge in [0, 0.05) is 42.6 Å². The fraction of sp³-hybridized carbons (Fsp3) is 0.0182. The number of hydrogen-bond donors (Lipinski definition) is 0. The van der Waals surface area contributed by atoms with E-state index in [-0.39, 0.29) is 0 Å². The Morgan fingerprint density at radius 3 is 1.75 bits per heavy atom. The first-order valence-electron chi connectivity index (χ1n) is 20.1. The van der Waals surface area contributed by atoms with Gasteiger partial charge in [0.15, 0.2) is 23.0 Å². The molecule has 276 valence electrons. The van der Waals surface area contributed by atoms with Crippen molar-refractivity contribution in [1.82, 2.24) is 0 Å². The summed E-state index contributed by atoms with van der Waals surface area (Å²) < 4.78 is 16.9. The first-order chi connectivity index (χ1) is 29.3. The van der Waals surface area contributed by atoms with Gasteiger partial charge in [0.05, 0.1) is 16.8 Å². The maximum Gasteiger partial charge on any atom is 0.194 e. The summed E-state index contributed by atoms with van der Waals surface area (Å²) in [5, 5.41) is 2.56. The molecule has 0 radical (unpaired) electrons. The molecule has 0 N–H and O–H groups in total. The van der Waals surface area contributed by atoms with E-state index in [0.29, 0.717) is 17.2 Å². The van der Waals surface area contributed by atoms with Gasteiger partial charge in [-0.15, -0.1) is 11.3 Å². The van der Waals surface area contributed by atoms with Gasteiger partial charge in [0.25, 0.3) is 0 Å². The van der Waals surface area contributed by atoms with Crippen LogP contribution in [0.1, 0.15) is 22.3 Å². The van der Waals surface area contributed by atoms with Crippen LogP contribution in [0.2, 0.25) is 0 Å². The highest BCUT2D eigenvalue weighted by atomic mass is 32.1. The molecule has 9 aromatic carbocycles. The lowest BCUT2D eigenvalue weighted by Gasteiger charge is -2.33. The van der Waals surface area contributed by atoms with Gasteiger partial charge >= 0.3 is 0 Å². The van der Waals surface area contributed by atoms with Gasteiger partial charge in [-0.1, -0.05) is 158 Å². The van der Waals surface area contributed by atoms with Crippen molar-refractivity contribution < 1.29 is 9.47 Å². The monoisotopic (exact) mass is 771 g/mol. The van der Waals surface area contributed by atoms with Crippen LogP contribution >= 0.6 is 11.3 Å². The predicted molar refractivity (Wildman–Crippen MR) is 242 cm³/mol. The van der Waals surface area contributed by atoms with Crippen molar-refractivity contribution in [3.05, 3.63) is 222 Å². The quantitative estimate of drug-likeness (QED) is 0.178. The lowest BCUT2D eigenvalue weighted by Crippen LogP contribution is -2.25. The highest BCUT2D eigenvalue weighted by molar-refractivity contribution is 7.26. The number of thiophene rings is 1. The van der Waals surface area contributed by atoms with E-state index in [1.807, 2.05) is 17.4 Å². The van der Waals surface area contributed by atoms with Crippen molar-refractivity contribution in [3.63, 3.8) is 0 Å². The number of hydrogen-bond acceptors (Lipinski definition) is 4. The van der Waals surface area contributed by atoms with Crippen molar-refractivity contribution in [1.29, 1.82) is 0 Å². The average molecular weight is 772 g/mol. The molecule has 0 saturated heterocycles. The topological polar surface area (TPSA) is 21.7 Å². The second kappa shape index (κ2) is 12.3.